The van der Waals surface area contributed by atoms with Crippen LogP contribution in [-0.2, 0) is 6.54 Å². The summed E-state index contributed by atoms with van der Waals surface area (Å²) < 4.78 is 8.20. The van der Waals surface area contributed by atoms with Crippen LogP contribution in [0.4, 0.5) is 0 Å². The summed E-state index contributed by atoms with van der Waals surface area (Å²) in [5.74, 6) is 1.01. The molecule has 0 saturated heterocycles. The molecular weight excluding hydrogens is 282 g/mol. The molecule has 2 aromatic heterocycles. The van der Waals surface area contributed by atoms with E-state index in [0.29, 0.717) is 0 Å². The van der Waals surface area contributed by atoms with E-state index in [4.69, 9.17) is 4.42 Å². The molecule has 0 aliphatic heterocycles. The molecule has 1 atom stereocenters. The summed E-state index contributed by atoms with van der Waals surface area (Å²) in [6.07, 6.45) is 6.61. The minimum atomic E-state index is 0.0460. The van der Waals surface area contributed by atoms with Crippen LogP contribution in [0.25, 0.3) is 0 Å². The monoisotopic (exact) mass is 297 g/mol. The van der Waals surface area contributed by atoms with Gasteiger partial charge in [-0.15, -0.1) is 0 Å². The van der Waals surface area contributed by atoms with Crippen molar-refractivity contribution in [2.24, 2.45) is 0 Å². The van der Waals surface area contributed by atoms with Gasteiger partial charge in [-0.1, -0.05) is 6.92 Å². The van der Waals surface area contributed by atoms with Crippen molar-refractivity contribution in [2.75, 3.05) is 7.05 Å². The van der Waals surface area contributed by atoms with E-state index in [9.17, 15) is 0 Å². The molecule has 2 aromatic rings. The molecule has 2 rings (SSSR count). The highest BCUT2D eigenvalue weighted by Crippen LogP contribution is 2.28. The molecule has 1 unspecified atom stereocenters. The van der Waals surface area contributed by atoms with Gasteiger partial charge in [0.1, 0.15) is 5.82 Å². The molecule has 17 heavy (non-hydrogen) atoms. The number of furan rings is 1. The fraction of sp³-hybridized carbons (Fsp3) is 0.417. The number of hydrogen-bond donors (Lipinski definition) is 1. The summed E-state index contributed by atoms with van der Waals surface area (Å²) in [5, 5.41) is 3.27. The lowest BCUT2D eigenvalue weighted by molar-refractivity contribution is 0.519. The van der Waals surface area contributed by atoms with Gasteiger partial charge in [0, 0.05) is 24.5 Å². The lowest BCUT2D eigenvalue weighted by Gasteiger charge is -2.16. The van der Waals surface area contributed by atoms with Gasteiger partial charge in [-0.3, -0.25) is 0 Å². The quantitative estimate of drug-likeness (QED) is 0.923. The van der Waals surface area contributed by atoms with Gasteiger partial charge in [-0.2, -0.15) is 0 Å². The third-order valence-corrected chi connectivity index (χ3v) is 3.36. The zero-order valence-electron chi connectivity index (χ0n) is 9.98. The van der Waals surface area contributed by atoms with Gasteiger partial charge in [0.2, 0.25) is 0 Å². The van der Waals surface area contributed by atoms with Crippen LogP contribution >= 0.6 is 15.9 Å². The highest BCUT2D eigenvalue weighted by Gasteiger charge is 2.21. The average Bonchev–Trinajstić information content (AvgIpc) is 2.92. The first-order valence-corrected chi connectivity index (χ1v) is 6.48. The van der Waals surface area contributed by atoms with E-state index in [1.165, 1.54) is 0 Å². The van der Waals surface area contributed by atoms with E-state index in [1.54, 1.807) is 6.26 Å². The maximum atomic E-state index is 5.28. The Morgan fingerprint density at radius 1 is 1.59 bits per heavy atom. The predicted molar refractivity (Wildman–Crippen MR) is 69.8 cm³/mol. The number of aromatic nitrogens is 2. The number of rotatable bonds is 5. The SMILES string of the molecule is CCCn1ccnc1C(NC)c1ccoc1Br. The van der Waals surface area contributed by atoms with E-state index >= 15 is 0 Å². The first-order chi connectivity index (χ1) is 8.27. The molecule has 0 aromatic carbocycles. The number of hydrogen-bond acceptors (Lipinski definition) is 3. The van der Waals surface area contributed by atoms with Gasteiger partial charge in [-0.05, 0) is 35.5 Å². The fourth-order valence-corrected chi connectivity index (χ4v) is 2.41. The first-order valence-electron chi connectivity index (χ1n) is 5.69. The van der Waals surface area contributed by atoms with E-state index < -0.39 is 0 Å². The van der Waals surface area contributed by atoms with Crippen LogP contribution in [0.1, 0.15) is 30.8 Å². The Morgan fingerprint density at radius 2 is 2.41 bits per heavy atom. The van der Waals surface area contributed by atoms with Crippen molar-refractivity contribution in [2.45, 2.75) is 25.9 Å². The Balaban J connectivity index is 2.35. The largest absolute Gasteiger partial charge is 0.457 e. The molecule has 0 amide bonds. The van der Waals surface area contributed by atoms with Gasteiger partial charge < -0.3 is 14.3 Å². The standard InChI is InChI=1S/C12H16BrN3O/c1-3-6-16-7-5-15-12(16)10(14-2)9-4-8-17-11(9)13/h4-5,7-8,10,14H,3,6H2,1-2H3. The number of imidazole rings is 1. The topological polar surface area (TPSA) is 43.0 Å². The van der Waals surface area contributed by atoms with E-state index in [-0.39, 0.29) is 6.04 Å². The van der Waals surface area contributed by atoms with Crippen LogP contribution in [0.2, 0.25) is 0 Å². The Kier molecular flexibility index (Phi) is 4.02. The van der Waals surface area contributed by atoms with Crippen LogP contribution in [0.5, 0.6) is 0 Å². The third kappa shape index (κ3) is 2.45. The normalized spacial score (nSPS) is 12.9. The lowest BCUT2D eigenvalue weighted by atomic mass is 10.1. The minimum Gasteiger partial charge on any atom is -0.457 e. The minimum absolute atomic E-state index is 0.0460. The molecule has 4 nitrogen and oxygen atoms in total. The Bertz CT molecular complexity index is 478. The van der Waals surface area contributed by atoms with Crippen molar-refractivity contribution < 1.29 is 4.42 Å². The highest BCUT2D eigenvalue weighted by atomic mass is 79.9. The molecule has 1 N–H and O–H groups in total. The van der Waals surface area contributed by atoms with Crippen LogP contribution in [0.3, 0.4) is 0 Å². The average molecular weight is 298 g/mol. The molecule has 5 heteroatoms. The molecule has 0 fully saturated rings. The molecule has 0 spiro atoms. The van der Waals surface area contributed by atoms with E-state index in [2.05, 4.69) is 37.7 Å². The summed E-state index contributed by atoms with van der Waals surface area (Å²) in [6, 6.07) is 2.00. The van der Waals surface area contributed by atoms with E-state index in [1.807, 2.05) is 25.5 Å². The molecule has 0 saturated carbocycles. The molecule has 2 heterocycles. The number of nitrogens with zero attached hydrogens (tertiary/aromatic N) is 2. The summed E-state index contributed by atoms with van der Waals surface area (Å²) in [7, 11) is 1.93. The molecule has 0 radical (unpaired) electrons. The van der Waals surface area contributed by atoms with Crippen LogP contribution < -0.4 is 5.32 Å². The molecule has 0 aliphatic rings. The second-order valence-electron chi connectivity index (χ2n) is 3.85. The highest BCUT2D eigenvalue weighted by molar-refractivity contribution is 9.10. The molecular formula is C12H16BrN3O. The van der Waals surface area contributed by atoms with Gasteiger partial charge >= 0.3 is 0 Å². The second kappa shape index (κ2) is 5.51. The lowest BCUT2D eigenvalue weighted by Crippen LogP contribution is -2.22. The summed E-state index contributed by atoms with van der Waals surface area (Å²) in [5.41, 5.74) is 1.07. The Labute approximate surface area is 109 Å². The maximum Gasteiger partial charge on any atom is 0.174 e. The Morgan fingerprint density at radius 3 is 3.00 bits per heavy atom. The van der Waals surface area contributed by atoms with Gasteiger partial charge in [-0.25, -0.2) is 4.98 Å². The summed E-state index contributed by atoms with van der Waals surface area (Å²) >= 11 is 3.41. The second-order valence-corrected chi connectivity index (χ2v) is 4.57. The maximum absolute atomic E-state index is 5.28. The number of aryl methyl sites for hydroxylation is 1. The van der Waals surface area contributed by atoms with Crippen molar-refractivity contribution in [1.29, 1.82) is 0 Å². The third-order valence-electron chi connectivity index (χ3n) is 2.72. The summed E-state index contributed by atoms with van der Waals surface area (Å²) in [6.45, 7) is 3.13. The van der Waals surface area contributed by atoms with Crippen molar-refractivity contribution in [3.8, 4) is 0 Å². The van der Waals surface area contributed by atoms with Crippen molar-refractivity contribution in [3.63, 3.8) is 0 Å². The smallest absolute Gasteiger partial charge is 0.174 e. The molecule has 0 aliphatic carbocycles. The zero-order chi connectivity index (χ0) is 12.3. The predicted octanol–water partition coefficient (Wildman–Crippen LogP) is 2.96. The molecule has 92 valence electrons. The van der Waals surface area contributed by atoms with Gasteiger partial charge in [0.25, 0.3) is 0 Å². The van der Waals surface area contributed by atoms with Crippen molar-refractivity contribution in [1.82, 2.24) is 14.9 Å². The van der Waals surface area contributed by atoms with Crippen molar-refractivity contribution in [3.05, 3.63) is 40.8 Å². The van der Waals surface area contributed by atoms with Crippen molar-refractivity contribution >= 4 is 15.9 Å². The first kappa shape index (κ1) is 12.4. The van der Waals surface area contributed by atoms with Crippen LogP contribution in [0.15, 0.2) is 33.8 Å². The molecule has 0 bridgehead atoms. The van der Waals surface area contributed by atoms with E-state index in [0.717, 1.165) is 29.0 Å². The summed E-state index contributed by atoms with van der Waals surface area (Å²) in [4.78, 5) is 4.44. The Hall–Kier alpha value is -1.07. The number of nitrogens with one attached hydrogen (secondary N) is 1. The zero-order valence-corrected chi connectivity index (χ0v) is 11.6. The fourth-order valence-electron chi connectivity index (χ4n) is 1.95. The van der Waals surface area contributed by atoms with Gasteiger partial charge in [0.15, 0.2) is 4.67 Å². The van der Waals surface area contributed by atoms with Gasteiger partial charge in [0.05, 0.1) is 12.3 Å². The number of halogens is 1. The van der Waals surface area contributed by atoms with Crippen LogP contribution in [-0.4, -0.2) is 16.6 Å². The van der Waals surface area contributed by atoms with Crippen LogP contribution in [0, 0.1) is 0 Å².